The topological polar surface area (TPSA) is 41.1 Å². The summed E-state index contributed by atoms with van der Waals surface area (Å²) in [6.45, 7) is 10.2. The van der Waals surface area contributed by atoms with E-state index in [0.717, 1.165) is 6.54 Å². The van der Waals surface area contributed by atoms with E-state index < -0.39 is 0 Å². The Balaban J connectivity index is 3.75. The van der Waals surface area contributed by atoms with Crippen molar-refractivity contribution in [2.24, 2.45) is 5.92 Å². The van der Waals surface area contributed by atoms with Crippen molar-refractivity contribution in [3.63, 3.8) is 0 Å². The summed E-state index contributed by atoms with van der Waals surface area (Å²) in [5.41, 5.74) is 5.85. The number of hydrogen-bond acceptors (Lipinski definition) is 2. The van der Waals surface area contributed by atoms with Gasteiger partial charge in [0.1, 0.15) is 0 Å². The lowest BCUT2D eigenvalue weighted by atomic mass is 10.1. The van der Waals surface area contributed by atoms with Crippen LogP contribution in [0.5, 0.6) is 0 Å². The van der Waals surface area contributed by atoms with E-state index >= 15 is 0 Å². The fourth-order valence-electron chi connectivity index (χ4n) is 0.511. The monoisotopic (exact) mass is 156 g/mol. The number of carbonyl (C=O) groups excluding carboxylic acids is 1. The molecule has 0 aliphatic rings. The Morgan fingerprint density at radius 1 is 1.55 bits per heavy atom. The molecule has 0 aliphatic carbocycles. The third-order valence-electron chi connectivity index (χ3n) is 1.37. The molecule has 64 valence electrons. The zero-order valence-corrected chi connectivity index (χ0v) is 7.40. The molecular weight excluding hydrogens is 140 g/mol. The Labute approximate surface area is 67.8 Å². The smallest absolute Gasteiger partial charge is 0.260 e. The highest BCUT2D eigenvalue weighted by Gasteiger charge is 2.08. The number of amides is 1. The van der Waals surface area contributed by atoms with Gasteiger partial charge in [-0.1, -0.05) is 27.4 Å². The molecule has 0 aromatic rings. The Bertz CT molecular complexity index is 152. The summed E-state index contributed by atoms with van der Waals surface area (Å²) in [7, 11) is 0. The Morgan fingerprint density at radius 2 is 2.09 bits per heavy atom. The third-order valence-corrected chi connectivity index (χ3v) is 1.37. The van der Waals surface area contributed by atoms with E-state index in [9.17, 15) is 4.79 Å². The molecule has 1 amide bonds. The van der Waals surface area contributed by atoms with Gasteiger partial charge in [0.05, 0.1) is 0 Å². The van der Waals surface area contributed by atoms with Crippen LogP contribution in [-0.2, 0) is 4.79 Å². The van der Waals surface area contributed by atoms with Crippen molar-refractivity contribution < 1.29 is 4.79 Å². The van der Waals surface area contributed by atoms with Crippen LogP contribution in [0.2, 0.25) is 0 Å². The molecule has 11 heavy (non-hydrogen) atoms. The standard InChI is InChI=1S/C8H16N2O/c1-5-9-10-8(11)7(4)6(2)3/h6,9H,4-5H2,1-3H3,(H,10,11). The van der Waals surface area contributed by atoms with E-state index in [1.807, 2.05) is 20.8 Å². The number of hydrazine groups is 1. The molecule has 0 aromatic carbocycles. The van der Waals surface area contributed by atoms with E-state index in [2.05, 4.69) is 17.4 Å². The molecule has 3 heteroatoms. The molecule has 2 N–H and O–H groups in total. The molecule has 0 spiro atoms. The minimum absolute atomic E-state index is 0.123. The first-order chi connectivity index (χ1) is 5.09. The van der Waals surface area contributed by atoms with Crippen LogP contribution >= 0.6 is 0 Å². The van der Waals surface area contributed by atoms with Gasteiger partial charge in [-0.2, -0.15) is 0 Å². The van der Waals surface area contributed by atoms with Gasteiger partial charge in [-0.15, -0.1) is 0 Å². The second kappa shape index (κ2) is 4.91. The van der Waals surface area contributed by atoms with Crippen LogP contribution in [0.15, 0.2) is 12.2 Å². The van der Waals surface area contributed by atoms with Crippen molar-refractivity contribution in [3.8, 4) is 0 Å². The molecule has 0 bridgehead atoms. The van der Waals surface area contributed by atoms with Crippen LogP contribution in [0.3, 0.4) is 0 Å². The van der Waals surface area contributed by atoms with Crippen molar-refractivity contribution in [3.05, 3.63) is 12.2 Å². The largest absolute Gasteiger partial charge is 0.288 e. The molecule has 0 unspecified atom stereocenters. The van der Waals surface area contributed by atoms with Crippen LogP contribution in [0, 0.1) is 5.92 Å². The summed E-state index contributed by atoms with van der Waals surface area (Å²) in [4.78, 5) is 11.1. The van der Waals surface area contributed by atoms with Gasteiger partial charge < -0.3 is 0 Å². The normalized spacial score (nSPS) is 9.82. The van der Waals surface area contributed by atoms with Crippen molar-refractivity contribution in [2.75, 3.05) is 6.54 Å². The molecule has 0 heterocycles. The van der Waals surface area contributed by atoms with Gasteiger partial charge >= 0.3 is 0 Å². The maximum absolute atomic E-state index is 11.1. The number of hydrogen-bond donors (Lipinski definition) is 2. The van der Waals surface area contributed by atoms with Gasteiger partial charge in [0, 0.05) is 12.1 Å². The van der Waals surface area contributed by atoms with Crippen molar-refractivity contribution >= 4 is 5.91 Å². The summed E-state index contributed by atoms with van der Waals surface area (Å²) in [6, 6.07) is 0. The third kappa shape index (κ3) is 3.78. The number of rotatable bonds is 4. The molecule has 0 aromatic heterocycles. The Hall–Kier alpha value is -0.830. The Morgan fingerprint density at radius 3 is 2.45 bits per heavy atom. The molecule has 0 saturated heterocycles. The van der Waals surface area contributed by atoms with Crippen LogP contribution in [0.25, 0.3) is 0 Å². The molecule has 0 atom stereocenters. The zero-order chi connectivity index (χ0) is 8.85. The Kier molecular flexibility index (Phi) is 4.54. The maximum atomic E-state index is 11.1. The first-order valence-corrected chi connectivity index (χ1v) is 3.81. The average molecular weight is 156 g/mol. The van der Waals surface area contributed by atoms with Crippen molar-refractivity contribution in [2.45, 2.75) is 20.8 Å². The predicted molar refractivity (Wildman–Crippen MR) is 45.8 cm³/mol. The minimum atomic E-state index is -0.123. The molecule has 0 aliphatic heterocycles. The average Bonchev–Trinajstić information content (AvgIpc) is 1.98. The molecule has 3 nitrogen and oxygen atoms in total. The maximum Gasteiger partial charge on any atom is 0.260 e. The van der Waals surface area contributed by atoms with Crippen LogP contribution in [-0.4, -0.2) is 12.5 Å². The lowest BCUT2D eigenvalue weighted by molar-refractivity contribution is -0.118. The second-order valence-electron chi connectivity index (χ2n) is 2.66. The van der Waals surface area contributed by atoms with Crippen LogP contribution in [0.4, 0.5) is 0 Å². The minimum Gasteiger partial charge on any atom is -0.288 e. The quantitative estimate of drug-likeness (QED) is 0.468. The van der Waals surface area contributed by atoms with Gasteiger partial charge in [-0.05, 0) is 5.92 Å². The van der Waals surface area contributed by atoms with E-state index in [4.69, 9.17) is 0 Å². The highest BCUT2D eigenvalue weighted by molar-refractivity contribution is 5.92. The summed E-state index contributed by atoms with van der Waals surface area (Å²) in [6.07, 6.45) is 0. The SMILES string of the molecule is C=C(C(=O)NNCC)C(C)C. The summed E-state index contributed by atoms with van der Waals surface area (Å²) in [5.74, 6) is 0.0792. The first kappa shape index (κ1) is 10.2. The highest BCUT2D eigenvalue weighted by atomic mass is 16.2. The highest BCUT2D eigenvalue weighted by Crippen LogP contribution is 2.04. The van der Waals surface area contributed by atoms with Gasteiger partial charge in [-0.3, -0.25) is 10.2 Å². The zero-order valence-electron chi connectivity index (χ0n) is 7.40. The lowest BCUT2D eigenvalue weighted by Crippen LogP contribution is -2.38. The van der Waals surface area contributed by atoms with Crippen LogP contribution in [0.1, 0.15) is 20.8 Å². The fourth-order valence-corrected chi connectivity index (χ4v) is 0.511. The van der Waals surface area contributed by atoms with Gasteiger partial charge in [0.25, 0.3) is 5.91 Å². The van der Waals surface area contributed by atoms with Gasteiger partial charge in [-0.25, -0.2) is 5.43 Å². The molecule has 0 rings (SSSR count). The molecule has 0 radical (unpaired) electrons. The van der Waals surface area contributed by atoms with E-state index in [-0.39, 0.29) is 11.8 Å². The van der Waals surface area contributed by atoms with Gasteiger partial charge in [0.15, 0.2) is 0 Å². The summed E-state index contributed by atoms with van der Waals surface area (Å²) >= 11 is 0. The van der Waals surface area contributed by atoms with Crippen molar-refractivity contribution in [1.29, 1.82) is 0 Å². The number of carbonyl (C=O) groups is 1. The second-order valence-corrected chi connectivity index (χ2v) is 2.66. The lowest BCUT2D eigenvalue weighted by Gasteiger charge is -2.09. The predicted octanol–water partition coefficient (Wildman–Crippen LogP) is 0.839. The van der Waals surface area contributed by atoms with Crippen molar-refractivity contribution in [1.82, 2.24) is 10.9 Å². The van der Waals surface area contributed by atoms with Crippen LogP contribution < -0.4 is 10.9 Å². The van der Waals surface area contributed by atoms with E-state index in [1.165, 1.54) is 0 Å². The summed E-state index contributed by atoms with van der Waals surface area (Å²) in [5, 5.41) is 0. The molecule has 0 fully saturated rings. The molecular formula is C8H16N2O. The first-order valence-electron chi connectivity index (χ1n) is 3.81. The van der Waals surface area contributed by atoms with Gasteiger partial charge in [0.2, 0.25) is 0 Å². The molecule has 0 saturated carbocycles. The van der Waals surface area contributed by atoms with E-state index in [0.29, 0.717) is 5.57 Å². The fraction of sp³-hybridized carbons (Fsp3) is 0.625. The number of nitrogens with one attached hydrogen (secondary N) is 2. The summed E-state index contributed by atoms with van der Waals surface area (Å²) < 4.78 is 0. The van der Waals surface area contributed by atoms with E-state index in [1.54, 1.807) is 0 Å².